The first-order valence-electron chi connectivity index (χ1n) is 6.23. The minimum atomic E-state index is -1.30. The molecule has 4 N–H and O–H groups in total. The number of hydrogen-bond acceptors (Lipinski definition) is 5. The summed E-state index contributed by atoms with van der Waals surface area (Å²) in [5, 5.41) is 38.6. The lowest BCUT2D eigenvalue weighted by Gasteiger charge is -2.56. The highest BCUT2D eigenvalue weighted by Gasteiger charge is 2.60. The van der Waals surface area contributed by atoms with E-state index < -0.39 is 43.9 Å². The molecule has 0 saturated carbocycles. The van der Waals surface area contributed by atoms with Crippen LogP contribution in [0.25, 0.3) is 0 Å². The summed E-state index contributed by atoms with van der Waals surface area (Å²) in [6.07, 6.45) is -4.57. The van der Waals surface area contributed by atoms with E-state index in [1.807, 2.05) is 33.9 Å². The molecule has 18 heavy (non-hydrogen) atoms. The molecule has 6 heteroatoms. The van der Waals surface area contributed by atoms with Gasteiger partial charge in [-0.15, -0.1) is 0 Å². The van der Waals surface area contributed by atoms with Crippen molar-refractivity contribution in [3.63, 3.8) is 0 Å². The van der Waals surface area contributed by atoms with E-state index in [1.165, 1.54) is 0 Å². The largest absolute Gasteiger partial charge is 0.394 e. The summed E-state index contributed by atoms with van der Waals surface area (Å²) in [4.78, 5) is 0. The normalized spacial score (nSPS) is 42.3. The van der Waals surface area contributed by atoms with Crippen LogP contribution in [-0.4, -0.2) is 65.5 Å². The molecule has 0 aliphatic carbocycles. The molecule has 1 aliphatic rings. The number of aliphatic hydroxyl groups excluding tert-OH is 4. The van der Waals surface area contributed by atoms with Gasteiger partial charge in [-0.1, -0.05) is 33.9 Å². The van der Waals surface area contributed by atoms with Gasteiger partial charge in [0.05, 0.1) is 20.6 Å². The maximum Gasteiger partial charge on any atom is 0.111 e. The van der Waals surface area contributed by atoms with Crippen LogP contribution in [0.5, 0.6) is 0 Å². The summed E-state index contributed by atoms with van der Waals surface area (Å²) < 4.78 is 5.88. The lowest BCUT2D eigenvalue weighted by molar-refractivity contribution is -0.272. The van der Waals surface area contributed by atoms with E-state index in [1.54, 1.807) is 0 Å². The molecule has 1 saturated heterocycles. The van der Waals surface area contributed by atoms with Crippen molar-refractivity contribution in [3.05, 3.63) is 0 Å². The number of aliphatic hydroxyl groups is 4. The van der Waals surface area contributed by atoms with Gasteiger partial charge in [-0.25, -0.2) is 0 Å². The minimum absolute atomic E-state index is 0.377. The molecule has 5 atom stereocenters. The molecule has 1 heterocycles. The highest BCUT2D eigenvalue weighted by Crippen LogP contribution is 2.44. The summed E-state index contributed by atoms with van der Waals surface area (Å²) in [6, 6.07) is 0. The zero-order chi connectivity index (χ0) is 14.3. The average molecular weight is 277 g/mol. The minimum Gasteiger partial charge on any atom is -0.394 e. The molecule has 1 unspecified atom stereocenters. The van der Waals surface area contributed by atoms with E-state index in [4.69, 9.17) is 4.74 Å². The molecular formula is C12H25O5Si. The summed E-state index contributed by atoms with van der Waals surface area (Å²) in [5.74, 6) is 0. The van der Waals surface area contributed by atoms with Crippen LogP contribution in [-0.2, 0) is 4.74 Å². The van der Waals surface area contributed by atoms with Crippen molar-refractivity contribution >= 4 is 8.80 Å². The molecule has 1 radical (unpaired) electrons. The van der Waals surface area contributed by atoms with Gasteiger partial charge >= 0.3 is 0 Å². The van der Waals surface area contributed by atoms with Gasteiger partial charge in [-0.2, -0.15) is 0 Å². The molecule has 0 aromatic rings. The summed E-state index contributed by atoms with van der Waals surface area (Å²) in [6.45, 7) is 9.43. The Morgan fingerprint density at radius 3 is 1.94 bits per heavy atom. The number of hydrogen-bond donors (Lipinski definition) is 4. The monoisotopic (exact) mass is 277 g/mol. The van der Waals surface area contributed by atoms with E-state index in [9.17, 15) is 20.4 Å². The second-order valence-electron chi connectivity index (χ2n) is 6.25. The van der Waals surface area contributed by atoms with Gasteiger partial charge in [0, 0.05) is 0 Å². The number of ether oxygens (including phenoxy) is 1. The van der Waals surface area contributed by atoms with Crippen molar-refractivity contribution in [1.82, 2.24) is 0 Å². The van der Waals surface area contributed by atoms with Crippen molar-refractivity contribution in [2.24, 2.45) is 5.41 Å². The zero-order valence-electron chi connectivity index (χ0n) is 11.7. The summed E-state index contributed by atoms with van der Waals surface area (Å²) in [5.41, 5.74) is -0.404. The standard InChI is InChI=1S/C12H25O5Si/c1-11(2,3)12(18(4)5)10(16)9(15)8(14)7(6-13)17-12/h7-10,13-16H,6H2,1-5H3/t7-,8-,9+,10-,12?/m1/s1. The third kappa shape index (κ3) is 2.26. The van der Waals surface area contributed by atoms with Gasteiger partial charge in [0.25, 0.3) is 0 Å². The molecule has 5 nitrogen and oxygen atoms in total. The lowest BCUT2D eigenvalue weighted by atomic mass is 9.79. The molecule has 0 amide bonds. The smallest absolute Gasteiger partial charge is 0.111 e. The van der Waals surface area contributed by atoms with Gasteiger partial charge in [0.1, 0.15) is 24.4 Å². The topological polar surface area (TPSA) is 90.2 Å². The average Bonchev–Trinajstić information content (AvgIpc) is 2.24. The van der Waals surface area contributed by atoms with E-state index >= 15 is 0 Å². The molecular weight excluding hydrogens is 252 g/mol. The quantitative estimate of drug-likeness (QED) is 0.513. The predicted molar refractivity (Wildman–Crippen MR) is 69.6 cm³/mol. The van der Waals surface area contributed by atoms with Crippen LogP contribution in [0.15, 0.2) is 0 Å². The first kappa shape index (κ1) is 16.1. The fourth-order valence-electron chi connectivity index (χ4n) is 2.95. The highest BCUT2D eigenvalue weighted by atomic mass is 28.3. The van der Waals surface area contributed by atoms with Crippen LogP contribution >= 0.6 is 0 Å². The van der Waals surface area contributed by atoms with Crippen LogP contribution in [0.2, 0.25) is 13.1 Å². The first-order valence-corrected chi connectivity index (χ1v) is 8.73. The Hall–Kier alpha value is 0.0169. The summed E-state index contributed by atoms with van der Waals surface area (Å²) >= 11 is 0. The molecule has 0 bridgehead atoms. The van der Waals surface area contributed by atoms with Crippen LogP contribution in [0.4, 0.5) is 0 Å². The molecule has 107 valence electrons. The van der Waals surface area contributed by atoms with Crippen LogP contribution < -0.4 is 0 Å². The SMILES string of the molecule is C[Si](C)C1(C(C)(C)C)O[C@H](CO)[C@@H](O)[C@H](O)[C@H]1O. The van der Waals surface area contributed by atoms with Crippen LogP contribution in [0, 0.1) is 5.41 Å². The van der Waals surface area contributed by atoms with Crippen molar-refractivity contribution in [1.29, 1.82) is 0 Å². The van der Waals surface area contributed by atoms with Gasteiger partial charge in [-0.05, 0) is 5.41 Å². The van der Waals surface area contributed by atoms with Crippen molar-refractivity contribution in [3.8, 4) is 0 Å². The zero-order valence-corrected chi connectivity index (χ0v) is 12.7. The fourth-order valence-corrected chi connectivity index (χ4v) is 5.60. The summed E-state index contributed by atoms with van der Waals surface area (Å²) in [7, 11) is -1.15. The Balaban J connectivity index is 3.25. The Morgan fingerprint density at radius 1 is 1.11 bits per heavy atom. The van der Waals surface area contributed by atoms with Gasteiger partial charge < -0.3 is 25.2 Å². The maximum absolute atomic E-state index is 10.4. The maximum atomic E-state index is 10.4. The molecule has 0 aromatic heterocycles. The fraction of sp³-hybridized carbons (Fsp3) is 1.00. The molecule has 1 aliphatic heterocycles. The molecule has 1 rings (SSSR count). The third-order valence-corrected chi connectivity index (χ3v) is 6.49. The lowest BCUT2D eigenvalue weighted by Crippen LogP contribution is -2.73. The number of rotatable bonds is 2. The predicted octanol–water partition coefficient (Wildman–Crippen LogP) is -0.461. The van der Waals surface area contributed by atoms with Gasteiger partial charge in [0.2, 0.25) is 0 Å². The van der Waals surface area contributed by atoms with Crippen LogP contribution in [0.1, 0.15) is 20.8 Å². The van der Waals surface area contributed by atoms with Gasteiger partial charge in [0.15, 0.2) is 0 Å². The first-order chi connectivity index (χ1) is 8.09. The molecule has 0 aromatic carbocycles. The second kappa shape index (κ2) is 5.18. The second-order valence-corrected chi connectivity index (χ2v) is 8.99. The van der Waals surface area contributed by atoms with Crippen molar-refractivity contribution in [2.75, 3.05) is 6.61 Å². The van der Waals surface area contributed by atoms with E-state index in [0.717, 1.165) is 0 Å². The third-order valence-electron chi connectivity index (χ3n) is 3.85. The molecule has 0 spiro atoms. The highest BCUT2D eigenvalue weighted by molar-refractivity contribution is 6.59. The van der Waals surface area contributed by atoms with Gasteiger partial charge in [-0.3, -0.25) is 0 Å². The Morgan fingerprint density at radius 2 is 1.61 bits per heavy atom. The van der Waals surface area contributed by atoms with E-state index in [0.29, 0.717) is 0 Å². The van der Waals surface area contributed by atoms with Crippen molar-refractivity contribution in [2.45, 2.75) is 63.5 Å². The Labute approximate surface area is 110 Å². The molecule has 1 fully saturated rings. The Bertz CT molecular complexity index is 289. The van der Waals surface area contributed by atoms with Crippen molar-refractivity contribution < 1.29 is 25.2 Å². The van der Waals surface area contributed by atoms with Crippen LogP contribution in [0.3, 0.4) is 0 Å². The van der Waals surface area contributed by atoms with E-state index in [2.05, 4.69) is 0 Å². The van der Waals surface area contributed by atoms with E-state index in [-0.39, 0.29) is 6.61 Å². The Kier molecular flexibility index (Phi) is 4.63.